The first kappa shape index (κ1) is 10.3. The molecule has 1 heterocycles. The molecule has 0 aliphatic carbocycles. The van der Waals surface area contributed by atoms with Gasteiger partial charge >= 0.3 is 0 Å². The standard InChI is InChI=1S/C11H18O2/c1-4-5-6-9-10(12)7-8-13-11(9,2)3/h7-9H,4-6H2,1-3H3. The molecule has 0 fully saturated rings. The van der Waals surface area contributed by atoms with Crippen LogP contribution in [-0.4, -0.2) is 11.4 Å². The number of ketones is 1. The Morgan fingerprint density at radius 3 is 2.77 bits per heavy atom. The summed E-state index contributed by atoms with van der Waals surface area (Å²) in [6.07, 6.45) is 6.23. The summed E-state index contributed by atoms with van der Waals surface area (Å²) in [5.74, 6) is 0.252. The molecular weight excluding hydrogens is 164 g/mol. The zero-order chi connectivity index (χ0) is 9.90. The smallest absolute Gasteiger partial charge is 0.165 e. The number of unbranched alkanes of at least 4 members (excludes halogenated alkanes) is 1. The van der Waals surface area contributed by atoms with Crippen molar-refractivity contribution in [2.24, 2.45) is 5.92 Å². The van der Waals surface area contributed by atoms with Crippen LogP contribution in [-0.2, 0) is 9.53 Å². The Kier molecular flexibility index (Phi) is 3.12. The van der Waals surface area contributed by atoms with Crippen LogP contribution in [0.4, 0.5) is 0 Å². The predicted octanol–water partition coefficient (Wildman–Crippen LogP) is 2.68. The summed E-state index contributed by atoms with van der Waals surface area (Å²) in [5, 5.41) is 0. The Bertz CT molecular complexity index is 216. The van der Waals surface area contributed by atoms with E-state index < -0.39 is 0 Å². The average molecular weight is 182 g/mol. The first-order valence-electron chi connectivity index (χ1n) is 4.96. The molecule has 2 nitrogen and oxygen atoms in total. The fourth-order valence-electron chi connectivity index (χ4n) is 1.72. The van der Waals surface area contributed by atoms with E-state index in [0.717, 1.165) is 19.3 Å². The first-order valence-corrected chi connectivity index (χ1v) is 4.96. The molecule has 0 aromatic rings. The Balaban J connectivity index is 2.66. The van der Waals surface area contributed by atoms with E-state index in [4.69, 9.17) is 4.74 Å². The van der Waals surface area contributed by atoms with Crippen molar-refractivity contribution in [3.05, 3.63) is 12.3 Å². The van der Waals surface area contributed by atoms with Crippen LogP contribution in [0.2, 0.25) is 0 Å². The van der Waals surface area contributed by atoms with Crippen LogP contribution in [0.1, 0.15) is 40.0 Å². The quantitative estimate of drug-likeness (QED) is 0.670. The zero-order valence-corrected chi connectivity index (χ0v) is 8.67. The molecule has 1 aliphatic heterocycles. The lowest BCUT2D eigenvalue weighted by atomic mass is 9.82. The Morgan fingerprint density at radius 1 is 1.54 bits per heavy atom. The van der Waals surface area contributed by atoms with E-state index in [1.807, 2.05) is 13.8 Å². The van der Waals surface area contributed by atoms with Gasteiger partial charge in [0.25, 0.3) is 0 Å². The summed E-state index contributed by atoms with van der Waals surface area (Å²) in [5.41, 5.74) is -0.318. The molecule has 0 aromatic heterocycles. The van der Waals surface area contributed by atoms with E-state index in [2.05, 4.69) is 6.92 Å². The summed E-state index contributed by atoms with van der Waals surface area (Å²) in [6, 6.07) is 0. The number of allylic oxidation sites excluding steroid dienone is 1. The molecule has 0 bridgehead atoms. The van der Waals surface area contributed by atoms with Crippen LogP contribution in [0.3, 0.4) is 0 Å². The molecule has 0 spiro atoms. The molecule has 74 valence electrons. The van der Waals surface area contributed by atoms with Crippen molar-refractivity contribution in [3.63, 3.8) is 0 Å². The molecule has 1 unspecified atom stereocenters. The molecular formula is C11H18O2. The maximum absolute atomic E-state index is 11.5. The SMILES string of the molecule is CCCCC1C(=O)C=COC1(C)C. The van der Waals surface area contributed by atoms with Crippen LogP contribution in [0.25, 0.3) is 0 Å². The van der Waals surface area contributed by atoms with Crippen LogP contribution < -0.4 is 0 Å². The third kappa shape index (κ3) is 2.33. The van der Waals surface area contributed by atoms with Crippen LogP contribution in [0.15, 0.2) is 12.3 Å². The van der Waals surface area contributed by atoms with Crippen molar-refractivity contribution in [2.75, 3.05) is 0 Å². The summed E-state index contributed by atoms with van der Waals surface area (Å²) in [4.78, 5) is 11.5. The highest BCUT2D eigenvalue weighted by molar-refractivity contribution is 5.93. The van der Waals surface area contributed by atoms with Crippen LogP contribution >= 0.6 is 0 Å². The largest absolute Gasteiger partial charge is 0.495 e. The maximum Gasteiger partial charge on any atom is 0.165 e. The highest BCUT2D eigenvalue weighted by Crippen LogP contribution is 2.30. The molecule has 0 saturated carbocycles. The maximum atomic E-state index is 11.5. The van der Waals surface area contributed by atoms with E-state index in [1.165, 1.54) is 6.26 Å². The third-order valence-electron chi connectivity index (χ3n) is 2.63. The monoisotopic (exact) mass is 182 g/mol. The number of hydrogen-bond acceptors (Lipinski definition) is 2. The fourth-order valence-corrected chi connectivity index (χ4v) is 1.72. The lowest BCUT2D eigenvalue weighted by Gasteiger charge is -2.34. The second kappa shape index (κ2) is 3.95. The average Bonchev–Trinajstić information content (AvgIpc) is 2.02. The summed E-state index contributed by atoms with van der Waals surface area (Å²) < 4.78 is 5.44. The van der Waals surface area contributed by atoms with Crippen molar-refractivity contribution >= 4 is 5.78 Å². The van der Waals surface area contributed by atoms with E-state index >= 15 is 0 Å². The summed E-state index contributed by atoms with van der Waals surface area (Å²) in [7, 11) is 0. The predicted molar refractivity (Wildman–Crippen MR) is 52.3 cm³/mol. The van der Waals surface area contributed by atoms with Gasteiger partial charge in [-0.15, -0.1) is 0 Å². The van der Waals surface area contributed by atoms with Gasteiger partial charge in [-0.1, -0.05) is 19.8 Å². The molecule has 0 aromatic carbocycles. The molecule has 1 atom stereocenters. The second-order valence-corrected chi connectivity index (χ2v) is 4.12. The Hall–Kier alpha value is -0.790. The van der Waals surface area contributed by atoms with Gasteiger partial charge in [-0.2, -0.15) is 0 Å². The van der Waals surface area contributed by atoms with Gasteiger partial charge in [-0.25, -0.2) is 0 Å². The van der Waals surface area contributed by atoms with Crippen LogP contribution in [0, 0.1) is 5.92 Å². The van der Waals surface area contributed by atoms with Crippen molar-refractivity contribution in [3.8, 4) is 0 Å². The molecule has 13 heavy (non-hydrogen) atoms. The van der Waals surface area contributed by atoms with Gasteiger partial charge < -0.3 is 4.74 Å². The Morgan fingerprint density at radius 2 is 2.23 bits per heavy atom. The first-order chi connectivity index (χ1) is 6.08. The van der Waals surface area contributed by atoms with Crippen molar-refractivity contribution in [2.45, 2.75) is 45.6 Å². The lowest BCUT2D eigenvalue weighted by Crippen LogP contribution is -2.40. The van der Waals surface area contributed by atoms with Crippen molar-refractivity contribution in [1.29, 1.82) is 0 Å². The minimum Gasteiger partial charge on any atom is -0.495 e. The topological polar surface area (TPSA) is 26.3 Å². The highest BCUT2D eigenvalue weighted by atomic mass is 16.5. The highest BCUT2D eigenvalue weighted by Gasteiger charge is 2.36. The lowest BCUT2D eigenvalue weighted by molar-refractivity contribution is -0.129. The van der Waals surface area contributed by atoms with Gasteiger partial charge in [-0.05, 0) is 20.3 Å². The number of carbonyl (C=O) groups is 1. The summed E-state index contributed by atoms with van der Waals surface area (Å²) >= 11 is 0. The summed E-state index contributed by atoms with van der Waals surface area (Å²) in [6.45, 7) is 6.10. The molecule has 2 heteroatoms. The molecule has 0 saturated heterocycles. The number of hydrogen-bond donors (Lipinski definition) is 0. The minimum absolute atomic E-state index is 0.0393. The van der Waals surface area contributed by atoms with E-state index in [0.29, 0.717) is 0 Å². The molecule has 0 amide bonds. The number of rotatable bonds is 3. The van der Waals surface area contributed by atoms with Crippen LogP contribution in [0.5, 0.6) is 0 Å². The van der Waals surface area contributed by atoms with E-state index in [-0.39, 0.29) is 17.3 Å². The normalized spacial score (nSPS) is 25.8. The number of ether oxygens (including phenoxy) is 1. The van der Waals surface area contributed by atoms with Gasteiger partial charge in [0.05, 0.1) is 12.2 Å². The van der Waals surface area contributed by atoms with Crippen molar-refractivity contribution < 1.29 is 9.53 Å². The number of carbonyl (C=O) groups excluding carboxylic acids is 1. The van der Waals surface area contributed by atoms with Gasteiger partial charge in [0.15, 0.2) is 5.78 Å². The van der Waals surface area contributed by atoms with E-state index in [1.54, 1.807) is 6.08 Å². The van der Waals surface area contributed by atoms with Crippen molar-refractivity contribution in [1.82, 2.24) is 0 Å². The van der Waals surface area contributed by atoms with Gasteiger partial charge in [0, 0.05) is 6.08 Å². The molecule has 0 N–H and O–H groups in total. The second-order valence-electron chi connectivity index (χ2n) is 4.12. The van der Waals surface area contributed by atoms with E-state index in [9.17, 15) is 4.79 Å². The molecule has 0 radical (unpaired) electrons. The molecule has 1 aliphatic rings. The third-order valence-corrected chi connectivity index (χ3v) is 2.63. The van der Waals surface area contributed by atoms with Gasteiger partial charge in [-0.3, -0.25) is 4.79 Å². The van der Waals surface area contributed by atoms with Gasteiger partial charge in [0.1, 0.15) is 5.60 Å². The molecule has 1 rings (SSSR count). The zero-order valence-electron chi connectivity index (χ0n) is 8.67. The fraction of sp³-hybridized carbons (Fsp3) is 0.727. The Labute approximate surface area is 80.0 Å². The van der Waals surface area contributed by atoms with Gasteiger partial charge in [0.2, 0.25) is 0 Å². The minimum atomic E-state index is -0.318.